The number of carbonyl (C=O) groups is 1. The number of urea groups is 1. The predicted octanol–water partition coefficient (Wildman–Crippen LogP) is 3.63. The smallest absolute Gasteiger partial charge is 0.378 e. The van der Waals surface area contributed by atoms with E-state index in [9.17, 15) is 18.0 Å². The summed E-state index contributed by atoms with van der Waals surface area (Å²) in [6.07, 6.45) is 0.519. The molecule has 2 amide bonds. The van der Waals surface area contributed by atoms with E-state index >= 15 is 0 Å². The quantitative estimate of drug-likeness (QED) is 0.802. The number of nitrogens with one attached hydrogen (secondary N) is 1. The first-order valence-electron chi connectivity index (χ1n) is 10.8. The summed E-state index contributed by atoms with van der Waals surface area (Å²) in [6, 6.07) is 3.83. The van der Waals surface area contributed by atoms with Gasteiger partial charge in [-0.15, -0.1) is 0 Å². The second-order valence-corrected chi connectivity index (χ2v) is 8.22. The molecule has 0 bridgehead atoms. The molecule has 2 aliphatic heterocycles. The Kier molecular flexibility index (Phi) is 6.38. The number of halogens is 3. The summed E-state index contributed by atoms with van der Waals surface area (Å²) in [7, 11) is 0. The normalized spacial score (nSPS) is 21.8. The van der Waals surface area contributed by atoms with Gasteiger partial charge in [-0.3, -0.25) is 4.90 Å². The minimum absolute atomic E-state index is 0.204. The van der Waals surface area contributed by atoms with Crippen LogP contribution in [0.2, 0.25) is 0 Å². The Morgan fingerprint density at radius 2 is 1.67 bits per heavy atom. The molecule has 166 valence electrons. The zero-order valence-electron chi connectivity index (χ0n) is 17.1. The van der Waals surface area contributed by atoms with Gasteiger partial charge in [-0.1, -0.05) is 12.8 Å². The maximum Gasteiger partial charge on any atom is 0.416 e. The number of hydrogen-bond acceptors (Lipinski definition) is 4. The molecular weight excluding hydrogens is 397 g/mol. The largest absolute Gasteiger partial charge is 0.416 e. The molecule has 1 aromatic rings. The highest BCUT2D eigenvalue weighted by Crippen LogP contribution is 2.36. The van der Waals surface area contributed by atoms with Crippen molar-refractivity contribution >= 4 is 17.4 Å². The number of amides is 2. The SMILES string of the molecule is O=C(Nc1cc(C(F)(F)F)ccc1N1CCOCC1)N1CCN(C2CCCC2)CC1. The number of benzene rings is 1. The zero-order valence-corrected chi connectivity index (χ0v) is 17.1. The number of rotatable bonds is 3. The van der Waals surface area contributed by atoms with Crippen molar-refractivity contribution in [2.45, 2.75) is 37.9 Å². The molecule has 4 rings (SSSR count). The zero-order chi connectivity index (χ0) is 21.1. The van der Waals surface area contributed by atoms with Crippen LogP contribution in [0, 0.1) is 0 Å². The van der Waals surface area contributed by atoms with Gasteiger partial charge in [0.05, 0.1) is 30.2 Å². The van der Waals surface area contributed by atoms with E-state index in [0.717, 1.165) is 25.2 Å². The topological polar surface area (TPSA) is 48.1 Å². The van der Waals surface area contributed by atoms with Gasteiger partial charge in [0.1, 0.15) is 0 Å². The first kappa shape index (κ1) is 21.2. The van der Waals surface area contributed by atoms with Gasteiger partial charge in [-0.2, -0.15) is 13.2 Å². The van der Waals surface area contributed by atoms with Crippen LogP contribution in [0.4, 0.5) is 29.3 Å². The van der Waals surface area contributed by atoms with Crippen LogP contribution in [0.15, 0.2) is 18.2 Å². The molecule has 2 heterocycles. The standard InChI is InChI=1S/C21H29F3N4O2/c22-21(23,24)16-5-6-19(27-11-13-30-14-12-27)18(15-16)25-20(29)28-9-7-26(8-10-28)17-3-1-2-4-17/h5-6,15,17H,1-4,7-14H2,(H,25,29). The van der Waals surface area contributed by atoms with Gasteiger partial charge in [-0.25, -0.2) is 4.79 Å². The summed E-state index contributed by atoms with van der Waals surface area (Å²) in [5, 5.41) is 2.76. The summed E-state index contributed by atoms with van der Waals surface area (Å²) in [6.45, 7) is 4.99. The molecule has 1 aromatic carbocycles. The first-order valence-corrected chi connectivity index (χ1v) is 10.8. The Bertz CT molecular complexity index is 738. The molecule has 3 fully saturated rings. The van der Waals surface area contributed by atoms with Gasteiger partial charge in [0.2, 0.25) is 0 Å². The second-order valence-electron chi connectivity index (χ2n) is 8.22. The van der Waals surface area contributed by atoms with Crippen molar-refractivity contribution in [3.8, 4) is 0 Å². The Hall–Kier alpha value is -2.00. The number of alkyl halides is 3. The van der Waals surface area contributed by atoms with Crippen LogP contribution in [-0.2, 0) is 10.9 Å². The highest BCUT2D eigenvalue weighted by atomic mass is 19.4. The van der Waals surface area contributed by atoms with Gasteiger partial charge < -0.3 is 19.9 Å². The third kappa shape index (κ3) is 4.83. The predicted molar refractivity (Wildman–Crippen MR) is 109 cm³/mol. The number of nitrogens with zero attached hydrogens (tertiary/aromatic N) is 3. The van der Waals surface area contributed by atoms with Crippen molar-refractivity contribution in [1.29, 1.82) is 0 Å². The van der Waals surface area contributed by atoms with Crippen LogP contribution < -0.4 is 10.2 Å². The monoisotopic (exact) mass is 426 g/mol. The fraction of sp³-hybridized carbons (Fsp3) is 0.667. The fourth-order valence-electron chi connectivity index (χ4n) is 4.65. The molecule has 6 nitrogen and oxygen atoms in total. The average molecular weight is 426 g/mol. The van der Waals surface area contributed by atoms with E-state index < -0.39 is 11.7 Å². The molecule has 30 heavy (non-hydrogen) atoms. The third-order valence-electron chi connectivity index (χ3n) is 6.36. The molecule has 1 saturated carbocycles. The average Bonchev–Trinajstić information content (AvgIpc) is 3.29. The number of carbonyl (C=O) groups excluding carboxylic acids is 1. The number of anilines is 2. The molecule has 0 atom stereocenters. The maximum atomic E-state index is 13.3. The van der Waals surface area contributed by atoms with Crippen molar-refractivity contribution in [3.63, 3.8) is 0 Å². The Labute approximate surface area is 174 Å². The molecule has 1 N–H and O–H groups in total. The first-order chi connectivity index (χ1) is 14.4. The van der Waals surface area contributed by atoms with Crippen molar-refractivity contribution < 1.29 is 22.7 Å². The molecule has 0 radical (unpaired) electrons. The lowest BCUT2D eigenvalue weighted by atomic mass is 10.1. The van der Waals surface area contributed by atoms with E-state index in [-0.39, 0.29) is 11.7 Å². The molecule has 0 aromatic heterocycles. The summed E-state index contributed by atoms with van der Waals surface area (Å²) in [5.74, 6) is 0. The molecule has 0 unspecified atom stereocenters. The van der Waals surface area contributed by atoms with Crippen LogP contribution in [-0.4, -0.2) is 74.4 Å². The van der Waals surface area contributed by atoms with E-state index in [4.69, 9.17) is 4.74 Å². The van der Waals surface area contributed by atoms with Crippen LogP contribution >= 0.6 is 0 Å². The Morgan fingerprint density at radius 1 is 1.00 bits per heavy atom. The lowest BCUT2D eigenvalue weighted by molar-refractivity contribution is -0.137. The van der Waals surface area contributed by atoms with Crippen molar-refractivity contribution in [2.24, 2.45) is 0 Å². The molecule has 2 saturated heterocycles. The summed E-state index contributed by atoms with van der Waals surface area (Å²) < 4.78 is 45.1. The molecule has 1 aliphatic carbocycles. The number of ether oxygens (including phenoxy) is 1. The van der Waals surface area contributed by atoms with Crippen molar-refractivity contribution in [3.05, 3.63) is 23.8 Å². The highest BCUT2D eigenvalue weighted by molar-refractivity contribution is 5.93. The third-order valence-corrected chi connectivity index (χ3v) is 6.36. The van der Waals surface area contributed by atoms with E-state index in [1.54, 1.807) is 4.90 Å². The second kappa shape index (κ2) is 9.01. The fourth-order valence-corrected chi connectivity index (χ4v) is 4.65. The van der Waals surface area contributed by atoms with Gasteiger partial charge in [0.25, 0.3) is 0 Å². The molecule has 0 spiro atoms. The van der Waals surface area contributed by atoms with Crippen LogP contribution in [0.5, 0.6) is 0 Å². The summed E-state index contributed by atoms with van der Waals surface area (Å²) in [5.41, 5.74) is 0.0417. The van der Waals surface area contributed by atoms with E-state index in [1.165, 1.54) is 31.7 Å². The number of morpholine rings is 1. The van der Waals surface area contributed by atoms with Crippen molar-refractivity contribution in [2.75, 3.05) is 62.7 Å². The van der Waals surface area contributed by atoms with Gasteiger partial charge in [-0.05, 0) is 31.0 Å². The molecule has 9 heteroatoms. The minimum atomic E-state index is -4.46. The van der Waals surface area contributed by atoms with Crippen LogP contribution in [0.25, 0.3) is 0 Å². The molecule has 3 aliphatic rings. The Balaban J connectivity index is 1.45. The summed E-state index contributed by atoms with van der Waals surface area (Å²) in [4.78, 5) is 19.0. The van der Waals surface area contributed by atoms with Crippen LogP contribution in [0.1, 0.15) is 31.2 Å². The minimum Gasteiger partial charge on any atom is -0.378 e. The van der Waals surface area contributed by atoms with Crippen LogP contribution in [0.3, 0.4) is 0 Å². The maximum absolute atomic E-state index is 13.3. The summed E-state index contributed by atoms with van der Waals surface area (Å²) >= 11 is 0. The number of piperazine rings is 1. The van der Waals surface area contributed by atoms with E-state index in [1.807, 2.05) is 4.90 Å². The van der Waals surface area contributed by atoms with E-state index in [2.05, 4.69) is 10.2 Å². The number of hydrogen-bond donors (Lipinski definition) is 1. The molecular formula is C21H29F3N4O2. The van der Waals surface area contributed by atoms with Gasteiger partial charge in [0, 0.05) is 45.3 Å². The van der Waals surface area contributed by atoms with Crippen molar-refractivity contribution in [1.82, 2.24) is 9.80 Å². The lowest BCUT2D eigenvalue weighted by Crippen LogP contribution is -2.52. The Morgan fingerprint density at radius 3 is 2.30 bits per heavy atom. The van der Waals surface area contributed by atoms with Gasteiger partial charge in [0.15, 0.2) is 0 Å². The highest BCUT2D eigenvalue weighted by Gasteiger charge is 2.33. The van der Waals surface area contributed by atoms with E-state index in [0.29, 0.717) is 51.1 Å². The lowest BCUT2D eigenvalue weighted by Gasteiger charge is -2.38. The van der Waals surface area contributed by atoms with Gasteiger partial charge >= 0.3 is 12.2 Å².